The number of alkyl halides is 1. The summed E-state index contributed by atoms with van der Waals surface area (Å²) in [4.78, 5) is 19.7. The van der Waals surface area contributed by atoms with Gasteiger partial charge in [-0.25, -0.2) is 4.98 Å². The first-order valence-electron chi connectivity index (χ1n) is 8.70. The lowest BCUT2D eigenvalue weighted by molar-refractivity contribution is 0.0399. The second kappa shape index (κ2) is 6.85. The number of benzene rings is 1. The number of rotatable bonds is 2. The maximum absolute atomic E-state index is 13.0. The Hall–Kier alpha value is -1.39. The highest BCUT2D eigenvalue weighted by molar-refractivity contribution is 7.13. The molecule has 3 atom stereocenters. The lowest BCUT2D eigenvalue weighted by Crippen LogP contribution is -2.53. The van der Waals surface area contributed by atoms with Crippen molar-refractivity contribution in [3.05, 3.63) is 41.4 Å². The zero-order valence-electron chi connectivity index (χ0n) is 13.5. The number of thiazole rings is 1. The minimum Gasteiger partial charge on any atom is -0.334 e. The van der Waals surface area contributed by atoms with Crippen LogP contribution in [0.5, 0.6) is 0 Å². The van der Waals surface area contributed by atoms with Gasteiger partial charge in [0.25, 0.3) is 5.91 Å². The zero-order valence-corrected chi connectivity index (χ0v) is 15.1. The molecular weight excluding hydrogens is 340 g/mol. The van der Waals surface area contributed by atoms with Crippen LogP contribution in [-0.2, 0) is 0 Å². The van der Waals surface area contributed by atoms with Gasteiger partial charge < -0.3 is 4.90 Å². The average molecular weight is 361 g/mol. The van der Waals surface area contributed by atoms with Crippen LogP contribution in [0.15, 0.2) is 35.7 Å². The predicted octanol–water partition coefficient (Wildman–Crippen LogP) is 4.82. The monoisotopic (exact) mass is 360 g/mol. The highest BCUT2D eigenvalue weighted by Crippen LogP contribution is 2.38. The van der Waals surface area contributed by atoms with Crippen molar-refractivity contribution in [1.82, 2.24) is 9.88 Å². The first kappa shape index (κ1) is 16.1. The van der Waals surface area contributed by atoms with Gasteiger partial charge in [0.1, 0.15) is 10.7 Å². The maximum Gasteiger partial charge on any atom is 0.273 e. The fraction of sp³-hybridized carbons (Fsp3) is 0.474. The number of likely N-dealkylation sites (tertiary alicyclic amines) is 1. The van der Waals surface area contributed by atoms with Crippen molar-refractivity contribution in [1.29, 1.82) is 0 Å². The third-order valence-electron chi connectivity index (χ3n) is 5.30. The average Bonchev–Trinajstić information content (AvgIpc) is 3.13. The lowest BCUT2D eigenvalue weighted by atomic mass is 9.78. The van der Waals surface area contributed by atoms with Gasteiger partial charge >= 0.3 is 0 Å². The maximum atomic E-state index is 13.0. The number of nitrogens with zero attached hydrogens (tertiary/aromatic N) is 2. The van der Waals surface area contributed by atoms with Crippen molar-refractivity contribution in [2.75, 3.05) is 6.54 Å². The van der Waals surface area contributed by atoms with Crippen molar-refractivity contribution in [3.8, 4) is 10.6 Å². The zero-order chi connectivity index (χ0) is 16.5. The van der Waals surface area contributed by atoms with Crippen LogP contribution >= 0.6 is 22.9 Å². The molecule has 1 aliphatic carbocycles. The molecule has 4 rings (SSSR count). The normalized spacial score (nSPS) is 26.9. The van der Waals surface area contributed by atoms with E-state index in [2.05, 4.69) is 4.98 Å². The van der Waals surface area contributed by atoms with Crippen LogP contribution in [0.4, 0.5) is 0 Å². The van der Waals surface area contributed by atoms with Crippen LogP contribution < -0.4 is 0 Å². The second-order valence-corrected chi connectivity index (χ2v) is 8.14. The van der Waals surface area contributed by atoms with E-state index in [0.717, 1.165) is 36.4 Å². The number of halogens is 1. The number of carbonyl (C=O) groups excluding carboxylic acids is 1. The Kier molecular flexibility index (Phi) is 4.59. The van der Waals surface area contributed by atoms with Crippen molar-refractivity contribution in [2.24, 2.45) is 5.92 Å². The summed E-state index contributed by atoms with van der Waals surface area (Å²) in [7, 11) is 0. The summed E-state index contributed by atoms with van der Waals surface area (Å²) in [5.74, 6) is 0.527. The van der Waals surface area contributed by atoms with Gasteiger partial charge in [-0.3, -0.25) is 4.79 Å². The summed E-state index contributed by atoms with van der Waals surface area (Å²) >= 11 is 8.08. The van der Waals surface area contributed by atoms with Crippen molar-refractivity contribution in [2.45, 2.75) is 43.5 Å². The van der Waals surface area contributed by atoms with Crippen LogP contribution in [0.1, 0.15) is 42.6 Å². The number of hydrogen-bond donors (Lipinski definition) is 0. The minimum absolute atomic E-state index is 0.0777. The molecule has 1 saturated carbocycles. The molecule has 1 aromatic carbocycles. The van der Waals surface area contributed by atoms with Crippen LogP contribution in [-0.4, -0.2) is 33.8 Å². The number of carbonyl (C=O) groups is 1. The third-order valence-corrected chi connectivity index (χ3v) is 6.73. The summed E-state index contributed by atoms with van der Waals surface area (Å²) in [6, 6.07) is 10.3. The molecule has 126 valence electrons. The van der Waals surface area contributed by atoms with Gasteiger partial charge in [-0.2, -0.15) is 0 Å². The highest BCUT2D eigenvalue weighted by Gasteiger charge is 2.41. The van der Waals surface area contributed by atoms with Gasteiger partial charge in [0, 0.05) is 28.9 Å². The summed E-state index contributed by atoms with van der Waals surface area (Å²) in [5, 5.41) is 3.02. The molecule has 1 aromatic heterocycles. The summed E-state index contributed by atoms with van der Waals surface area (Å²) in [5.41, 5.74) is 1.65. The van der Waals surface area contributed by atoms with Gasteiger partial charge in [-0.15, -0.1) is 22.9 Å². The van der Waals surface area contributed by atoms with E-state index in [1.54, 1.807) is 11.3 Å². The molecule has 3 nitrogen and oxygen atoms in total. The van der Waals surface area contributed by atoms with Crippen LogP contribution in [0.3, 0.4) is 0 Å². The highest BCUT2D eigenvalue weighted by atomic mass is 35.5. The molecule has 5 heteroatoms. The second-order valence-electron chi connectivity index (χ2n) is 6.72. The third kappa shape index (κ3) is 2.98. The molecule has 24 heavy (non-hydrogen) atoms. The van der Waals surface area contributed by atoms with E-state index in [4.69, 9.17) is 11.6 Å². The molecular formula is C19H21ClN2OS. The van der Waals surface area contributed by atoms with E-state index in [1.807, 2.05) is 40.6 Å². The minimum atomic E-state index is 0.0777. The number of aromatic nitrogens is 1. The van der Waals surface area contributed by atoms with Crippen molar-refractivity contribution in [3.63, 3.8) is 0 Å². The first-order valence-corrected chi connectivity index (χ1v) is 10.0. The Balaban J connectivity index is 1.56. The quantitative estimate of drug-likeness (QED) is 0.719. The molecule has 2 aromatic rings. The Labute approximate surface area is 151 Å². The van der Waals surface area contributed by atoms with Crippen LogP contribution in [0.2, 0.25) is 0 Å². The smallest absolute Gasteiger partial charge is 0.273 e. The Morgan fingerprint density at radius 2 is 1.96 bits per heavy atom. The molecule has 0 spiro atoms. The van der Waals surface area contributed by atoms with E-state index >= 15 is 0 Å². The number of fused-ring (bicyclic) bond motifs is 1. The van der Waals surface area contributed by atoms with Gasteiger partial charge in [-0.05, 0) is 25.2 Å². The Morgan fingerprint density at radius 1 is 1.17 bits per heavy atom. The SMILES string of the molecule is O=C(c1csc(-c2ccccc2)n1)N1CCC(Cl)C2CCCCC21. The molecule has 1 amide bonds. The molecule has 0 N–H and O–H groups in total. The summed E-state index contributed by atoms with van der Waals surface area (Å²) < 4.78 is 0. The van der Waals surface area contributed by atoms with E-state index in [1.165, 1.54) is 12.8 Å². The van der Waals surface area contributed by atoms with Crippen LogP contribution in [0, 0.1) is 5.92 Å². The largest absolute Gasteiger partial charge is 0.334 e. The number of piperidine rings is 1. The molecule has 2 fully saturated rings. The predicted molar refractivity (Wildman–Crippen MR) is 98.6 cm³/mol. The number of amides is 1. The van der Waals surface area contributed by atoms with Gasteiger partial charge in [0.05, 0.1) is 0 Å². The molecule has 1 aliphatic heterocycles. The first-order chi connectivity index (χ1) is 11.7. The summed E-state index contributed by atoms with van der Waals surface area (Å²) in [6.07, 6.45) is 5.55. The van der Waals surface area contributed by atoms with Gasteiger partial charge in [0.15, 0.2) is 0 Å². The Bertz CT molecular complexity index is 717. The number of hydrogen-bond acceptors (Lipinski definition) is 3. The van der Waals surface area contributed by atoms with E-state index in [0.29, 0.717) is 17.7 Å². The van der Waals surface area contributed by atoms with Gasteiger partial charge in [0.2, 0.25) is 0 Å². The standard InChI is InChI=1S/C19H21ClN2OS/c20-15-10-11-22(17-9-5-4-8-14(15)17)19(23)16-12-24-18(21-16)13-6-2-1-3-7-13/h1-3,6-7,12,14-15,17H,4-5,8-11H2. The van der Waals surface area contributed by atoms with Crippen molar-refractivity contribution >= 4 is 28.8 Å². The molecule has 2 aliphatic rings. The van der Waals surface area contributed by atoms with E-state index < -0.39 is 0 Å². The fourth-order valence-electron chi connectivity index (χ4n) is 4.08. The Morgan fingerprint density at radius 3 is 2.79 bits per heavy atom. The lowest BCUT2D eigenvalue weighted by Gasteiger charge is -2.46. The fourth-order valence-corrected chi connectivity index (χ4v) is 5.27. The van der Waals surface area contributed by atoms with E-state index in [-0.39, 0.29) is 11.3 Å². The topological polar surface area (TPSA) is 33.2 Å². The van der Waals surface area contributed by atoms with Gasteiger partial charge in [-0.1, -0.05) is 43.2 Å². The molecule has 3 unspecified atom stereocenters. The molecule has 2 heterocycles. The van der Waals surface area contributed by atoms with Crippen LogP contribution in [0.25, 0.3) is 10.6 Å². The van der Waals surface area contributed by atoms with E-state index in [9.17, 15) is 4.79 Å². The molecule has 0 bridgehead atoms. The molecule has 0 radical (unpaired) electrons. The summed E-state index contributed by atoms with van der Waals surface area (Å²) in [6.45, 7) is 0.756. The van der Waals surface area contributed by atoms with Crippen molar-refractivity contribution < 1.29 is 4.79 Å². The molecule has 1 saturated heterocycles.